The number of nitrogens with one attached hydrogen (secondary N) is 1. The number of amides is 2. The number of carbonyl (C=O) groups is 2. The van der Waals surface area contributed by atoms with E-state index < -0.39 is 5.41 Å². The zero-order valence-corrected chi connectivity index (χ0v) is 17.8. The predicted molar refractivity (Wildman–Crippen MR) is 116 cm³/mol. The maximum absolute atomic E-state index is 13.4. The van der Waals surface area contributed by atoms with Gasteiger partial charge in [0, 0.05) is 32.0 Å². The van der Waals surface area contributed by atoms with Gasteiger partial charge in [-0.2, -0.15) is 0 Å². The monoisotopic (exact) mass is 424 g/mol. The molecule has 2 heterocycles. The zero-order valence-electron chi connectivity index (χ0n) is 17.8. The number of benzene rings is 2. The van der Waals surface area contributed by atoms with Gasteiger partial charge in [-0.1, -0.05) is 42.5 Å². The summed E-state index contributed by atoms with van der Waals surface area (Å²) in [4.78, 5) is 27.5. The van der Waals surface area contributed by atoms with E-state index >= 15 is 0 Å². The number of piperidine rings is 2. The second-order valence-electron chi connectivity index (χ2n) is 9.10. The largest absolute Gasteiger partial charge is 0.395 e. The van der Waals surface area contributed by atoms with E-state index in [-0.39, 0.29) is 35.6 Å². The Labute approximate surface area is 182 Å². The average molecular weight is 425 g/mol. The molecular weight excluding hydrogens is 395 g/mol. The molecular formula is C25H29FN2O3. The molecule has 2 amide bonds. The van der Waals surface area contributed by atoms with Crippen LogP contribution < -0.4 is 5.32 Å². The first-order valence-corrected chi connectivity index (χ1v) is 10.9. The van der Waals surface area contributed by atoms with Crippen molar-refractivity contribution < 1.29 is 19.1 Å². The van der Waals surface area contributed by atoms with Crippen molar-refractivity contribution in [2.45, 2.75) is 37.5 Å². The molecule has 5 nitrogen and oxygen atoms in total. The van der Waals surface area contributed by atoms with Crippen LogP contribution in [0.25, 0.3) is 0 Å². The number of hydrogen-bond acceptors (Lipinski definition) is 3. The number of likely N-dealkylation sites (tertiary alicyclic amines) is 1. The second-order valence-corrected chi connectivity index (χ2v) is 9.10. The van der Waals surface area contributed by atoms with Gasteiger partial charge in [0.15, 0.2) is 0 Å². The summed E-state index contributed by atoms with van der Waals surface area (Å²) in [7, 11) is 0. The summed E-state index contributed by atoms with van der Waals surface area (Å²) < 4.78 is 13.4. The molecule has 164 valence electrons. The molecule has 2 saturated heterocycles. The Hall–Kier alpha value is -2.73. The first-order valence-electron chi connectivity index (χ1n) is 10.9. The molecule has 2 N–H and O–H groups in total. The fraction of sp³-hybridized carbons (Fsp3) is 0.440. The summed E-state index contributed by atoms with van der Waals surface area (Å²) in [6.45, 7) is 3.11. The number of carbonyl (C=O) groups excluding carboxylic acids is 2. The van der Waals surface area contributed by atoms with Crippen molar-refractivity contribution in [2.24, 2.45) is 5.41 Å². The SMILES string of the molecule is CC(CO)(C(=O)N1CCC2(CC1)CC(=O)NC[C@H]2c1ccc(F)cc1)c1ccccc1. The Morgan fingerprint density at radius 1 is 1.16 bits per heavy atom. The molecule has 2 aromatic rings. The summed E-state index contributed by atoms with van der Waals surface area (Å²) in [5.74, 6) is -0.249. The quantitative estimate of drug-likeness (QED) is 0.793. The Bertz CT molecular complexity index is 939. The summed E-state index contributed by atoms with van der Waals surface area (Å²) in [5.41, 5.74) is 0.570. The van der Waals surface area contributed by atoms with Crippen LogP contribution in [0.15, 0.2) is 54.6 Å². The lowest BCUT2D eigenvalue weighted by atomic mass is 9.62. The molecule has 0 radical (unpaired) electrons. The van der Waals surface area contributed by atoms with E-state index in [9.17, 15) is 19.1 Å². The summed E-state index contributed by atoms with van der Waals surface area (Å²) in [6.07, 6.45) is 1.81. The average Bonchev–Trinajstić information content (AvgIpc) is 2.80. The third kappa shape index (κ3) is 3.97. The van der Waals surface area contributed by atoms with Gasteiger partial charge in [0.1, 0.15) is 5.82 Å². The molecule has 1 unspecified atom stereocenters. The minimum absolute atomic E-state index is 0.0302. The Balaban J connectivity index is 1.54. The van der Waals surface area contributed by atoms with Gasteiger partial charge in [-0.3, -0.25) is 9.59 Å². The summed E-state index contributed by atoms with van der Waals surface area (Å²) >= 11 is 0. The van der Waals surface area contributed by atoms with Crippen molar-refractivity contribution >= 4 is 11.8 Å². The molecule has 4 rings (SSSR count). The standard InChI is InChI=1S/C25H29FN2O3/c1-24(17-29,19-5-3-2-4-6-19)23(31)28-13-11-25(12-14-28)15-22(30)27-16-21(25)18-7-9-20(26)10-8-18/h2-10,21,29H,11-17H2,1H3,(H,27,30)/t21-,24?/m0/s1. The third-order valence-corrected chi connectivity index (χ3v) is 7.27. The molecule has 2 aromatic carbocycles. The van der Waals surface area contributed by atoms with E-state index in [0.717, 1.165) is 11.1 Å². The molecule has 2 atom stereocenters. The van der Waals surface area contributed by atoms with Crippen LogP contribution in [0, 0.1) is 11.2 Å². The first kappa shape index (κ1) is 21.5. The Morgan fingerprint density at radius 2 is 1.81 bits per heavy atom. The van der Waals surface area contributed by atoms with Gasteiger partial charge in [-0.25, -0.2) is 4.39 Å². The molecule has 0 aliphatic carbocycles. The highest BCUT2D eigenvalue weighted by molar-refractivity contribution is 5.88. The van der Waals surface area contributed by atoms with Gasteiger partial charge < -0.3 is 15.3 Å². The van der Waals surface area contributed by atoms with Gasteiger partial charge in [0.2, 0.25) is 11.8 Å². The van der Waals surface area contributed by atoms with E-state index in [1.807, 2.05) is 35.2 Å². The lowest BCUT2D eigenvalue weighted by Crippen LogP contribution is -2.55. The van der Waals surface area contributed by atoms with Crippen molar-refractivity contribution in [1.29, 1.82) is 0 Å². The molecule has 0 bridgehead atoms. The van der Waals surface area contributed by atoms with Crippen LogP contribution in [0.2, 0.25) is 0 Å². The fourth-order valence-corrected chi connectivity index (χ4v) is 5.22. The van der Waals surface area contributed by atoms with Gasteiger partial charge in [0.05, 0.1) is 12.0 Å². The highest BCUT2D eigenvalue weighted by Crippen LogP contribution is 2.49. The molecule has 0 saturated carbocycles. The molecule has 6 heteroatoms. The third-order valence-electron chi connectivity index (χ3n) is 7.27. The number of aliphatic hydroxyl groups excluding tert-OH is 1. The van der Waals surface area contributed by atoms with Crippen LogP contribution in [0.4, 0.5) is 4.39 Å². The number of rotatable bonds is 4. The van der Waals surface area contributed by atoms with Crippen molar-refractivity contribution in [3.05, 3.63) is 71.5 Å². The smallest absolute Gasteiger partial charge is 0.235 e. The van der Waals surface area contributed by atoms with Gasteiger partial charge in [-0.05, 0) is 48.4 Å². The first-order chi connectivity index (χ1) is 14.9. The minimum atomic E-state index is -0.994. The highest BCUT2D eigenvalue weighted by Gasteiger charge is 2.48. The van der Waals surface area contributed by atoms with Gasteiger partial charge in [-0.15, -0.1) is 0 Å². The number of halogens is 1. The van der Waals surface area contributed by atoms with E-state index in [0.29, 0.717) is 38.9 Å². The molecule has 1 spiro atoms. The van der Waals surface area contributed by atoms with E-state index in [4.69, 9.17) is 0 Å². The van der Waals surface area contributed by atoms with Crippen LogP contribution in [0.3, 0.4) is 0 Å². The maximum atomic E-state index is 13.4. The maximum Gasteiger partial charge on any atom is 0.235 e. The number of aliphatic hydroxyl groups is 1. The normalized spacial score (nSPS) is 22.6. The highest BCUT2D eigenvalue weighted by atomic mass is 19.1. The summed E-state index contributed by atoms with van der Waals surface area (Å²) in [6, 6.07) is 15.9. The Morgan fingerprint density at radius 3 is 2.42 bits per heavy atom. The van der Waals surface area contributed by atoms with Gasteiger partial charge >= 0.3 is 0 Å². The number of nitrogens with zero attached hydrogens (tertiary/aromatic N) is 1. The van der Waals surface area contributed by atoms with Crippen molar-refractivity contribution in [3.8, 4) is 0 Å². The summed E-state index contributed by atoms with van der Waals surface area (Å²) in [5, 5.41) is 13.1. The molecule has 2 aliphatic heterocycles. The van der Waals surface area contributed by atoms with Crippen molar-refractivity contribution in [2.75, 3.05) is 26.2 Å². The Kier molecular flexibility index (Phi) is 5.84. The van der Waals surface area contributed by atoms with E-state index in [2.05, 4.69) is 5.32 Å². The van der Waals surface area contributed by atoms with Crippen molar-refractivity contribution in [3.63, 3.8) is 0 Å². The lowest BCUT2D eigenvalue weighted by molar-refractivity contribution is -0.142. The lowest BCUT2D eigenvalue weighted by Gasteiger charge is -2.50. The zero-order chi connectivity index (χ0) is 22.1. The molecule has 2 fully saturated rings. The van der Waals surface area contributed by atoms with E-state index in [1.54, 1.807) is 19.1 Å². The molecule has 31 heavy (non-hydrogen) atoms. The molecule has 0 aromatic heterocycles. The minimum Gasteiger partial charge on any atom is -0.395 e. The second kappa shape index (κ2) is 8.42. The topological polar surface area (TPSA) is 69.6 Å². The van der Waals surface area contributed by atoms with Crippen LogP contribution in [-0.2, 0) is 15.0 Å². The molecule has 2 aliphatic rings. The predicted octanol–water partition coefficient (Wildman–Crippen LogP) is 2.99. The fourth-order valence-electron chi connectivity index (χ4n) is 5.22. The van der Waals surface area contributed by atoms with Gasteiger partial charge in [0.25, 0.3) is 0 Å². The number of hydrogen-bond donors (Lipinski definition) is 2. The van der Waals surface area contributed by atoms with E-state index in [1.165, 1.54) is 12.1 Å². The van der Waals surface area contributed by atoms with Crippen LogP contribution in [0.1, 0.15) is 43.2 Å². The van der Waals surface area contributed by atoms with Crippen LogP contribution >= 0.6 is 0 Å². The van der Waals surface area contributed by atoms with Crippen LogP contribution in [-0.4, -0.2) is 48.1 Å². The van der Waals surface area contributed by atoms with Crippen molar-refractivity contribution in [1.82, 2.24) is 10.2 Å². The van der Waals surface area contributed by atoms with Crippen LogP contribution in [0.5, 0.6) is 0 Å².